The fourth-order valence-corrected chi connectivity index (χ4v) is 8.02. The minimum absolute atomic E-state index is 0.00688. The molecule has 1 fully saturated rings. The molecule has 4 aliphatic carbocycles. The number of benzene rings is 4. The molecule has 8 rings (SSSR count). The molecule has 0 heteroatoms. The van der Waals surface area contributed by atoms with Crippen LogP contribution in [0.15, 0.2) is 97.1 Å². The first-order valence-corrected chi connectivity index (χ1v) is 11.3. The Kier molecular flexibility index (Phi) is 2.68. The van der Waals surface area contributed by atoms with Crippen LogP contribution in [0.5, 0.6) is 0 Å². The van der Waals surface area contributed by atoms with E-state index in [-0.39, 0.29) is 5.41 Å². The topological polar surface area (TPSA) is 0 Å². The maximum absolute atomic E-state index is 2.44. The first kappa shape index (κ1) is 15.7. The van der Waals surface area contributed by atoms with Gasteiger partial charge in [-0.15, -0.1) is 0 Å². The molecule has 30 heavy (non-hydrogen) atoms. The molecule has 0 radical (unpaired) electrons. The van der Waals surface area contributed by atoms with Gasteiger partial charge in [-0.2, -0.15) is 0 Å². The molecule has 0 amide bonds. The van der Waals surface area contributed by atoms with Crippen molar-refractivity contribution in [3.05, 3.63) is 130 Å². The van der Waals surface area contributed by atoms with Crippen LogP contribution in [0.4, 0.5) is 0 Å². The van der Waals surface area contributed by atoms with Crippen LogP contribution in [0, 0.1) is 11.8 Å². The third-order valence-electron chi connectivity index (χ3n) is 8.80. The lowest BCUT2D eigenvalue weighted by Gasteiger charge is -2.53. The predicted molar refractivity (Wildman–Crippen MR) is 121 cm³/mol. The molecule has 0 aromatic heterocycles. The molecule has 0 heterocycles. The van der Waals surface area contributed by atoms with Crippen molar-refractivity contribution in [1.29, 1.82) is 0 Å². The highest BCUT2D eigenvalue weighted by atomic mass is 14.7. The highest BCUT2D eigenvalue weighted by molar-refractivity contribution is 5.86. The van der Waals surface area contributed by atoms with Crippen molar-refractivity contribution in [3.8, 4) is 11.1 Å². The van der Waals surface area contributed by atoms with Crippen molar-refractivity contribution >= 4 is 0 Å². The summed E-state index contributed by atoms with van der Waals surface area (Å²) in [6.07, 6.45) is 1.25. The van der Waals surface area contributed by atoms with Crippen molar-refractivity contribution in [2.45, 2.75) is 23.7 Å². The summed E-state index contributed by atoms with van der Waals surface area (Å²) < 4.78 is 0. The molecule has 0 aliphatic heterocycles. The monoisotopic (exact) mass is 382 g/mol. The third kappa shape index (κ3) is 1.51. The van der Waals surface area contributed by atoms with E-state index in [4.69, 9.17) is 0 Å². The van der Waals surface area contributed by atoms with E-state index in [0.29, 0.717) is 17.8 Å². The minimum Gasteiger partial charge on any atom is -0.0620 e. The Hall–Kier alpha value is -3.12. The van der Waals surface area contributed by atoms with Gasteiger partial charge >= 0.3 is 0 Å². The number of rotatable bonds is 0. The van der Waals surface area contributed by atoms with Gasteiger partial charge in [-0.05, 0) is 74.6 Å². The lowest BCUT2D eigenvalue weighted by atomic mass is 9.49. The van der Waals surface area contributed by atoms with Gasteiger partial charge in [0.15, 0.2) is 0 Å². The van der Waals surface area contributed by atoms with Crippen molar-refractivity contribution in [1.82, 2.24) is 0 Å². The normalized spacial score (nSPS) is 27.5. The molecule has 1 saturated carbocycles. The molecule has 0 bridgehead atoms. The summed E-state index contributed by atoms with van der Waals surface area (Å²) in [6.45, 7) is 0. The number of fused-ring (bicyclic) bond motifs is 15. The number of hydrogen-bond donors (Lipinski definition) is 0. The molecule has 0 N–H and O–H groups in total. The van der Waals surface area contributed by atoms with Crippen molar-refractivity contribution in [2.24, 2.45) is 11.8 Å². The first-order chi connectivity index (χ1) is 14.9. The van der Waals surface area contributed by atoms with Crippen LogP contribution < -0.4 is 0 Å². The predicted octanol–water partition coefficient (Wildman–Crippen LogP) is 6.68. The van der Waals surface area contributed by atoms with Crippen LogP contribution >= 0.6 is 0 Å². The third-order valence-corrected chi connectivity index (χ3v) is 8.80. The molecule has 142 valence electrons. The summed E-state index contributed by atoms with van der Waals surface area (Å²) in [7, 11) is 0. The molecule has 0 nitrogen and oxygen atoms in total. The van der Waals surface area contributed by atoms with Crippen LogP contribution in [0.2, 0.25) is 0 Å². The highest BCUT2D eigenvalue weighted by Gasteiger charge is 2.69. The van der Waals surface area contributed by atoms with Gasteiger partial charge in [-0.25, -0.2) is 0 Å². The van der Waals surface area contributed by atoms with E-state index in [2.05, 4.69) is 97.1 Å². The van der Waals surface area contributed by atoms with Gasteiger partial charge in [0.2, 0.25) is 0 Å². The van der Waals surface area contributed by atoms with E-state index >= 15 is 0 Å². The van der Waals surface area contributed by atoms with Gasteiger partial charge < -0.3 is 0 Å². The quantitative estimate of drug-likeness (QED) is 0.318. The van der Waals surface area contributed by atoms with Crippen molar-refractivity contribution in [3.63, 3.8) is 0 Å². The van der Waals surface area contributed by atoms with Crippen molar-refractivity contribution in [2.75, 3.05) is 0 Å². The zero-order chi connectivity index (χ0) is 19.4. The first-order valence-electron chi connectivity index (χ1n) is 11.3. The van der Waals surface area contributed by atoms with E-state index < -0.39 is 0 Å². The lowest BCUT2D eigenvalue weighted by molar-refractivity contribution is 0.0895. The van der Waals surface area contributed by atoms with E-state index in [1.165, 1.54) is 28.7 Å². The Morgan fingerprint density at radius 2 is 1.07 bits per heavy atom. The minimum atomic E-state index is -0.00688. The fourth-order valence-electron chi connectivity index (χ4n) is 8.02. The highest BCUT2D eigenvalue weighted by Crippen LogP contribution is 2.77. The molecule has 4 aromatic carbocycles. The molecular weight excluding hydrogens is 360 g/mol. The Bertz CT molecular complexity index is 1310. The van der Waals surface area contributed by atoms with Gasteiger partial charge in [0, 0.05) is 0 Å². The Labute approximate surface area is 177 Å². The van der Waals surface area contributed by atoms with Gasteiger partial charge in [0.1, 0.15) is 0 Å². The summed E-state index contributed by atoms with van der Waals surface area (Å²) in [4.78, 5) is 0. The lowest BCUT2D eigenvalue weighted by Crippen LogP contribution is -2.48. The Morgan fingerprint density at radius 1 is 0.533 bits per heavy atom. The molecule has 1 spiro atoms. The summed E-state index contributed by atoms with van der Waals surface area (Å²) in [5.74, 6) is 2.71. The van der Waals surface area contributed by atoms with Gasteiger partial charge in [0.25, 0.3) is 0 Å². The average Bonchev–Trinajstić information content (AvgIpc) is 3.36. The maximum Gasteiger partial charge on any atom is 0.0506 e. The van der Waals surface area contributed by atoms with E-state index in [1.54, 1.807) is 22.3 Å². The van der Waals surface area contributed by atoms with Crippen LogP contribution in [0.25, 0.3) is 11.1 Å². The smallest absolute Gasteiger partial charge is 0.0506 e. The standard InChI is InChI=1S/C30H22/c1-2-10-19-18(9-1)17-23-27(19)29-28(23)22-13-5-8-16-26(22)30(29)24-14-6-3-11-20(24)21-12-4-7-15-25(21)30/h1-16,23,27-29H,17H2/t23-,27?,28-,29+/m1/s1. The zero-order valence-electron chi connectivity index (χ0n) is 16.8. The number of hydrogen-bond acceptors (Lipinski definition) is 0. The second kappa shape index (κ2) is 5.13. The molecule has 4 aliphatic rings. The van der Waals surface area contributed by atoms with E-state index in [1.807, 2.05) is 0 Å². The molecule has 1 unspecified atom stereocenters. The van der Waals surface area contributed by atoms with Crippen LogP contribution in [0.3, 0.4) is 0 Å². The largest absolute Gasteiger partial charge is 0.0620 e. The summed E-state index contributed by atoms with van der Waals surface area (Å²) >= 11 is 0. The maximum atomic E-state index is 2.44. The second-order valence-corrected chi connectivity index (χ2v) is 9.63. The van der Waals surface area contributed by atoms with E-state index in [0.717, 1.165) is 5.92 Å². The van der Waals surface area contributed by atoms with Crippen molar-refractivity contribution < 1.29 is 0 Å². The summed E-state index contributed by atoms with van der Waals surface area (Å²) in [5, 5.41) is 0. The van der Waals surface area contributed by atoms with Gasteiger partial charge in [0.05, 0.1) is 5.41 Å². The average molecular weight is 383 g/mol. The van der Waals surface area contributed by atoms with Gasteiger partial charge in [-0.1, -0.05) is 97.1 Å². The Morgan fingerprint density at radius 3 is 1.80 bits per heavy atom. The summed E-state index contributed by atoms with van der Waals surface area (Å²) in [6, 6.07) is 37.1. The second-order valence-electron chi connectivity index (χ2n) is 9.63. The molecule has 4 atom stereocenters. The van der Waals surface area contributed by atoms with Crippen LogP contribution in [-0.2, 0) is 11.8 Å². The Balaban J connectivity index is 1.50. The van der Waals surface area contributed by atoms with E-state index in [9.17, 15) is 0 Å². The SMILES string of the molecule is c1ccc2c(c1)C[C@@H]1C2[C@H]2[C@@H]1c1ccccc1C21c2ccccc2-c2ccccc21. The van der Waals surface area contributed by atoms with Crippen LogP contribution in [-0.4, -0.2) is 0 Å². The molecular formula is C30H22. The van der Waals surface area contributed by atoms with Gasteiger partial charge in [-0.3, -0.25) is 0 Å². The fraction of sp³-hybridized carbons (Fsp3) is 0.200. The zero-order valence-corrected chi connectivity index (χ0v) is 16.8. The molecule has 0 saturated heterocycles. The molecule has 4 aromatic rings. The van der Waals surface area contributed by atoms with Crippen LogP contribution in [0.1, 0.15) is 45.2 Å². The summed E-state index contributed by atoms with van der Waals surface area (Å²) in [5.41, 5.74) is 12.4.